The van der Waals surface area contributed by atoms with Gasteiger partial charge in [0.1, 0.15) is 0 Å². The first-order valence-electron chi connectivity index (χ1n) is 14.4. The van der Waals surface area contributed by atoms with Crippen LogP contribution in [0.2, 0.25) is 0 Å². The second-order valence-electron chi connectivity index (χ2n) is 11.7. The lowest BCUT2D eigenvalue weighted by atomic mass is 10.0. The highest BCUT2D eigenvalue weighted by Crippen LogP contribution is 2.47. The quantitative estimate of drug-likeness (QED) is 0.300. The number of nitrogens with one attached hydrogen (secondary N) is 2. The third-order valence-electron chi connectivity index (χ3n) is 9.18. The lowest BCUT2D eigenvalue weighted by Crippen LogP contribution is -2.46. The molecule has 3 aliphatic rings. The van der Waals surface area contributed by atoms with Crippen LogP contribution in [-0.2, 0) is 0 Å². The van der Waals surface area contributed by atoms with Gasteiger partial charge in [-0.25, -0.2) is 9.97 Å². The van der Waals surface area contributed by atoms with Crippen molar-refractivity contribution in [3.8, 4) is 33.8 Å². The van der Waals surface area contributed by atoms with Crippen LogP contribution in [0.5, 0.6) is 11.5 Å². The summed E-state index contributed by atoms with van der Waals surface area (Å²) < 4.78 is 6.59. The Bertz CT molecular complexity index is 1850. The van der Waals surface area contributed by atoms with Gasteiger partial charge in [0, 0.05) is 72.6 Å². The molecule has 9 rings (SSSR count). The maximum Gasteiger partial charge on any atom is 0.177 e. The van der Waals surface area contributed by atoms with E-state index in [0.29, 0.717) is 12.1 Å². The summed E-state index contributed by atoms with van der Waals surface area (Å²) in [5, 5.41) is 16.5. The monoisotopic (exact) mass is 555 g/mol. The molecule has 0 unspecified atom stereocenters. The third kappa shape index (κ3) is 3.79. The highest BCUT2D eigenvalue weighted by Gasteiger charge is 2.41. The number of H-pyrrole nitrogens is 2. The molecule has 0 spiro atoms. The molecule has 2 fully saturated rings. The average molecular weight is 556 g/mol. The highest BCUT2D eigenvalue weighted by atomic mass is 16.5. The lowest BCUT2D eigenvalue weighted by Gasteiger charge is -2.35. The number of aromatic nitrogens is 6. The first kappa shape index (κ1) is 23.9. The first-order valence-corrected chi connectivity index (χ1v) is 14.4. The molecule has 2 bridgehead atoms. The number of fused-ring (bicyclic) bond motifs is 6. The van der Waals surface area contributed by atoms with E-state index in [-0.39, 0.29) is 0 Å². The zero-order valence-electron chi connectivity index (χ0n) is 23.2. The summed E-state index contributed by atoms with van der Waals surface area (Å²) in [5.74, 6) is 3.08. The highest BCUT2D eigenvalue weighted by molar-refractivity contribution is 5.86. The van der Waals surface area contributed by atoms with Gasteiger partial charge in [-0.15, -0.1) is 0 Å². The SMILES string of the molecule is CN1C[C@@H]2C[C@H]1CN2CCN1c2ncc(-c3ccc4[nH]ncc4c3)cc2Oc2cc(-c3ccc4[nH]ncc4c3)cnc21. The fourth-order valence-corrected chi connectivity index (χ4v) is 6.87. The van der Waals surface area contributed by atoms with Crippen LogP contribution in [-0.4, -0.2) is 85.5 Å². The van der Waals surface area contributed by atoms with Crippen LogP contribution >= 0.6 is 0 Å². The summed E-state index contributed by atoms with van der Waals surface area (Å²) in [6, 6.07) is 18.0. The molecule has 208 valence electrons. The van der Waals surface area contributed by atoms with Crippen LogP contribution < -0.4 is 9.64 Å². The number of piperazine rings is 1. The van der Waals surface area contributed by atoms with Crippen molar-refractivity contribution < 1.29 is 4.74 Å². The van der Waals surface area contributed by atoms with Gasteiger partial charge in [-0.3, -0.25) is 15.1 Å². The normalized spacial score (nSPS) is 19.9. The summed E-state index contributed by atoms with van der Waals surface area (Å²) in [6.45, 7) is 4.01. The number of nitrogens with zero attached hydrogens (tertiary/aromatic N) is 7. The Kier molecular flexibility index (Phi) is 5.17. The van der Waals surface area contributed by atoms with Gasteiger partial charge in [0.15, 0.2) is 23.1 Å². The fourth-order valence-electron chi connectivity index (χ4n) is 6.87. The molecule has 0 radical (unpaired) electrons. The van der Waals surface area contributed by atoms with Gasteiger partial charge in [0.25, 0.3) is 0 Å². The van der Waals surface area contributed by atoms with Gasteiger partial charge in [-0.1, -0.05) is 12.1 Å². The molecule has 7 heterocycles. The van der Waals surface area contributed by atoms with E-state index in [4.69, 9.17) is 14.7 Å². The number of aromatic amines is 2. The average Bonchev–Trinajstić information content (AvgIpc) is 3.82. The minimum Gasteiger partial charge on any atom is -0.450 e. The summed E-state index contributed by atoms with van der Waals surface area (Å²) in [5.41, 5.74) is 6.14. The van der Waals surface area contributed by atoms with Crippen molar-refractivity contribution in [1.82, 2.24) is 40.2 Å². The fraction of sp³-hybridized carbons (Fsp3) is 0.250. The Labute approximate surface area is 241 Å². The van der Waals surface area contributed by atoms with Gasteiger partial charge in [-0.2, -0.15) is 10.2 Å². The summed E-state index contributed by atoms with van der Waals surface area (Å²) >= 11 is 0. The molecule has 0 saturated carbocycles. The number of likely N-dealkylation sites (tertiary alicyclic amines) is 2. The van der Waals surface area contributed by atoms with E-state index in [1.807, 2.05) is 36.9 Å². The van der Waals surface area contributed by atoms with Crippen molar-refractivity contribution in [3.63, 3.8) is 0 Å². The number of pyridine rings is 2. The van der Waals surface area contributed by atoms with Crippen molar-refractivity contribution in [2.75, 3.05) is 38.1 Å². The van der Waals surface area contributed by atoms with Crippen molar-refractivity contribution in [3.05, 3.63) is 73.3 Å². The lowest BCUT2D eigenvalue weighted by molar-refractivity contribution is 0.152. The van der Waals surface area contributed by atoms with Crippen molar-refractivity contribution in [2.45, 2.75) is 18.5 Å². The van der Waals surface area contributed by atoms with Gasteiger partial charge < -0.3 is 14.5 Å². The number of anilines is 2. The van der Waals surface area contributed by atoms with E-state index in [1.54, 1.807) is 0 Å². The van der Waals surface area contributed by atoms with Gasteiger partial charge >= 0.3 is 0 Å². The Morgan fingerprint density at radius 2 is 1.33 bits per heavy atom. The Balaban J connectivity index is 1.09. The smallest absolute Gasteiger partial charge is 0.177 e. The largest absolute Gasteiger partial charge is 0.450 e. The van der Waals surface area contributed by atoms with Crippen LogP contribution in [0.1, 0.15) is 6.42 Å². The van der Waals surface area contributed by atoms with E-state index in [1.165, 1.54) is 6.42 Å². The molecule has 2 N–H and O–H groups in total. The van der Waals surface area contributed by atoms with Gasteiger partial charge in [-0.05, 0) is 61.0 Å². The number of rotatable bonds is 5. The maximum atomic E-state index is 6.59. The molecule has 2 aromatic carbocycles. The molecule has 0 amide bonds. The minimum absolute atomic E-state index is 0.626. The van der Waals surface area contributed by atoms with Gasteiger partial charge in [0.05, 0.1) is 23.4 Å². The first-order chi connectivity index (χ1) is 20.7. The third-order valence-corrected chi connectivity index (χ3v) is 9.18. The standard InChI is InChI=1S/C32H29N9O/c1-39-17-26-12-25(39)18-40(26)6-7-41-31-29(10-21(13-33-31)19-2-4-27-23(8-19)15-35-37-27)42-30-11-22(14-34-32(30)41)20-3-5-28-24(9-20)16-36-38-28/h2-5,8-11,13-16,25-26H,6-7,12,17-18H2,1H3,(H,35,37)(H,36,38)/t25-,26-/m0/s1. The zero-order chi connectivity index (χ0) is 27.8. The van der Waals surface area contributed by atoms with E-state index >= 15 is 0 Å². The molecular weight excluding hydrogens is 526 g/mol. The van der Waals surface area contributed by atoms with Crippen LogP contribution in [0.3, 0.4) is 0 Å². The van der Waals surface area contributed by atoms with Crippen molar-refractivity contribution in [2.24, 2.45) is 0 Å². The molecule has 10 heteroatoms. The second-order valence-corrected chi connectivity index (χ2v) is 11.7. The molecule has 3 aliphatic heterocycles. The molecular formula is C32H29N9O. The Hall–Kier alpha value is -4.80. The van der Waals surface area contributed by atoms with E-state index in [9.17, 15) is 0 Å². The van der Waals surface area contributed by atoms with Crippen LogP contribution in [0.25, 0.3) is 44.1 Å². The molecule has 10 nitrogen and oxygen atoms in total. The number of benzene rings is 2. The summed E-state index contributed by atoms with van der Waals surface area (Å²) in [6.07, 6.45) is 8.81. The Morgan fingerprint density at radius 1 is 0.714 bits per heavy atom. The topological polar surface area (TPSA) is 102 Å². The second kappa shape index (κ2) is 9.10. The van der Waals surface area contributed by atoms with Gasteiger partial charge in [0.2, 0.25) is 0 Å². The van der Waals surface area contributed by atoms with E-state index in [2.05, 4.69) is 78.5 Å². The zero-order valence-corrected chi connectivity index (χ0v) is 23.2. The summed E-state index contributed by atoms with van der Waals surface area (Å²) in [7, 11) is 2.24. The number of ether oxygens (including phenoxy) is 1. The number of hydrogen-bond acceptors (Lipinski definition) is 8. The predicted molar refractivity (Wildman–Crippen MR) is 162 cm³/mol. The summed E-state index contributed by atoms with van der Waals surface area (Å²) in [4.78, 5) is 17.3. The Morgan fingerprint density at radius 3 is 1.88 bits per heavy atom. The van der Waals surface area contributed by atoms with Crippen LogP contribution in [0.15, 0.2) is 73.3 Å². The molecule has 42 heavy (non-hydrogen) atoms. The van der Waals surface area contributed by atoms with Crippen molar-refractivity contribution in [1.29, 1.82) is 0 Å². The van der Waals surface area contributed by atoms with Crippen LogP contribution in [0, 0.1) is 0 Å². The predicted octanol–water partition coefficient (Wildman–Crippen LogP) is 5.20. The molecule has 2 atom stereocenters. The molecule has 6 aromatic rings. The van der Waals surface area contributed by atoms with E-state index in [0.717, 1.165) is 93.4 Å². The van der Waals surface area contributed by atoms with Crippen LogP contribution in [0.4, 0.5) is 11.6 Å². The number of hydrogen-bond donors (Lipinski definition) is 2. The molecule has 2 saturated heterocycles. The van der Waals surface area contributed by atoms with E-state index < -0.39 is 0 Å². The molecule has 4 aromatic heterocycles. The van der Waals surface area contributed by atoms with Crippen molar-refractivity contribution >= 4 is 33.4 Å². The minimum atomic E-state index is 0.626. The molecule has 0 aliphatic carbocycles. The number of likely N-dealkylation sites (N-methyl/N-ethyl adjacent to an activating group) is 1. The maximum absolute atomic E-state index is 6.59.